The fourth-order valence-electron chi connectivity index (χ4n) is 4.22. The number of imidazole rings is 1. The summed E-state index contributed by atoms with van der Waals surface area (Å²) in [6, 6.07) is 20.8. The number of halogens is 1. The molecule has 0 aliphatic rings. The van der Waals surface area contributed by atoms with E-state index in [1.165, 1.54) is 0 Å². The summed E-state index contributed by atoms with van der Waals surface area (Å²) >= 11 is 6.52. The van der Waals surface area contributed by atoms with Crippen LogP contribution in [0.4, 0.5) is 10.5 Å². The van der Waals surface area contributed by atoms with Crippen molar-refractivity contribution in [3.8, 4) is 17.1 Å². The maximum atomic E-state index is 11.6. The number of hydrogen-bond acceptors (Lipinski definition) is 4. The number of aryl methyl sites for hydroxylation is 2. The Balaban J connectivity index is 1.50. The van der Waals surface area contributed by atoms with Crippen LogP contribution in [0.2, 0.25) is 5.02 Å². The Morgan fingerprint density at radius 2 is 1.80 bits per heavy atom. The second-order valence-electron chi connectivity index (χ2n) is 8.23. The quantitative estimate of drug-likeness (QED) is 0.313. The zero-order chi connectivity index (χ0) is 24.5. The fourth-order valence-corrected chi connectivity index (χ4v) is 4.44. The topological polar surface area (TPSA) is 80.5 Å². The number of fused-ring (bicyclic) bond motifs is 3. The van der Waals surface area contributed by atoms with Crippen LogP contribution >= 0.6 is 11.6 Å². The number of hydrogen-bond donors (Lipinski definition) is 2. The van der Waals surface area contributed by atoms with Gasteiger partial charge in [0.25, 0.3) is 0 Å². The highest BCUT2D eigenvalue weighted by atomic mass is 35.5. The van der Waals surface area contributed by atoms with Crippen LogP contribution in [-0.2, 0) is 6.61 Å². The van der Waals surface area contributed by atoms with Crippen molar-refractivity contribution in [3.63, 3.8) is 0 Å². The summed E-state index contributed by atoms with van der Waals surface area (Å²) < 4.78 is 8.18. The molecule has 0 spiro atoms. The summed E-state index contributed by atoms with van der Waals surface area (Å²) in [7, 11) is 1.58. The Kier molecular flexibility index (Phi) is 6.01. The van der Waals surface area contributed by atoms with Crippen molar-refractivity contribution in [3.05, 3.63) is 88.7 Å². The van der Waals surface area contributed by atoms with E-state index in [1.807, 2.05) is 80.6 Å². The van der Waals surface area contributed by atoms with Crippen LogP contribution in [0, 0.1) is 13.8 Å². The van der Waals surface area contributed by atoms with Gasteiger partial charge in [0.1, 0.15) is 18.2 Å². The molecule has 0 unspecified atom stereocenters. The van der Waals surface area contributed by atoms with Gasteiger partial charge < -0.3 is 15.4 Å². The third kappa shape index (κ3) is 4.38. The van der Waals surface area contributed by atoms with Crippen molar-refractivity contribution < 1.29 is 9.53 Å². The third-order valence-corrected chi connectivity index (χ3v) is 6.13. The van der Waals surface area contributed by atoms with Crippen LogP contribution in [0.3, 0.4) is 0 Å². The molecule has 7 nitrogen and oxygen atoms in total. The molecule has 2 aromatic heterocycles. The average molecular weight is 486 g/mol. The molecule has 2 amide bonds. The molecule has 0 fully saturated rings. The first-order valence-electron chi connectivity index (χ1n) is 11.2. The summed E-state index contributed by atoms with van der Waals surface area (Å²) in [6.45, 7) is 4.32. The van der Waals surface area contributed by atoms with Gasteiger partial charge in [0.15, 0.2) is 0 Å². The van der Waals surface area contributed by atoms with Crippen LogP contribution in [0.5, 0.6) is 5.75 Å². The number of nitrogens with one attached hydrogen (secondary N) is 2. The first kappa shape index (κ1) is 22.7. The molecule has 5 aromatic rings. The molecule has 2 N–H and O–H groups in total. The van der Waals surface area contributed by atoms with Crippen LogP contribution in [0.25, 0.3) is 27.9 Å². The number of nitrogens with zero attached hydrogens (tertiary/aromatic N) is 3. The van der Waals surface area contributed by atoms with Gasteiger partial charge in [0, 0.05) is 24.4 Å². The highest BCUT2D eigenvalue weighted by Gasteiger charge is 2.18. The van der Waals surface area contributed by atoms with E-state index in [1.54, 1.807) is 7.05 Å². The monoisotopic (exact) mass is 485 g/mol. The molecule has 0 atom stereocenters. The fraction of sp³-hybridized carbons (Fsp3) is 0.148. The minimum atomic E-state index is -0.267. The molecule has 2 heterocycles. The van der Waals surface area contributed by atoms with Gasteiger partial charge >= 0.3 is 6.03 Å². The van der Waals surface area contributed by atoms with Crippen molar-refractivity contribution >= 4 is 39.9 Å². The summed E-state index contributed by atoms with van der Waals surface area (Å²) in [6.07, 6.45) is 0. The molecule has 0 saturated heterocycles. The number of carbonyl (C=O) groups excluding carboxylic acids is 1. The molecule has 3 aromatic carbocycles. The van der Waals surface area contributed by atoms with Crippen LogP contribution in [-0.4, -0.2) is 27.4 Å². The van der Waals surface area contributed by atoms with Gasteiger partial charge in [-0.2, -0.15) is 0 Å². The lowest BCUT2D eigenvalue weighted by Gasteiger charge is -2.12. The number of amides is 2. The highest BCUT2D eigenvalue weighted by Crippen LogP contribution is 2.33. The van der Waals surface area contributed by atoms with E-state index >= 15 is 0 Å². The molecule has 0 bridgehead atoms. The summed E-state index contributed by atoms with van der Waals surface area (Å²) in [4.78, 5) is 21.3. The van der Waals surface area contributed by atoms with Crippen molar-refractivity contribution in [2.75, 3.05) is 12.4 Å². The van der Waals surface area contributed by atoms with Crippen LogP contribution in [0.1, 0.15) is 17.0 Å². The maximum Gasteiger partial charge on any atom is 0.318 e. The number of benzene rings is 3. The predicted molar refractivity (Wildman–Crippen MR) is 139 cm³/mol. The van der Waals surface area contributed by atoms with Gasteiger partial charge in [0.2, 0.25) is 0 Å². The highest BCUT2D eigenvalue weighted by molar-refractivity contribution is 6.33. The molecule has 8 heteroatoms. The lowest BCUT2D eigenvalue weighted by Crippen LogP contribution is -2.24. The van der Waals surface area contributed by atoms with Crippen LogP contribution < -0.4 is 15.4 Å². The Labute approximate surface area is 207 Å². The normalized spacial score (nSPS) is 11.1. The van der Waals surface area contributed by atoms with E-state index in [0.717, 1.165) is 44.9 Å². The van der Waals surface area contributed by atoms with Gasteiger partial charge in [-0.15, -0.1) is 0 Å². The Hall–Kier alpha value is -4.10. The lowest BCUT2D eigenvalue weighted by atomic mass is 10.2. The number of rotatable bonds is 5. The number of aromatic nitrogens is 3. The largest absolute Gasteiger partial charge is 0.489 e. The van der Waals surface area contributed by atoms with Crippen molar-refractivity contribution in [2.24, 2.45) is 0 Å². The first-order chi connectivity index (χ1) is 16.9. The molecule has 0 saturated carbocycles. The van der Waals surface area contributed by atoms with Crippen molar-refractivity contribution in [1.29, 1.82) is 0 Å². The minimum Gasteiger partial charge on any atom is -0.489 e. The standard InChI is InChI=1S/C27H24ClN5O2/c1-16-25-17(2)31-26(21-9-4-5-10-22(21)28)33(25)24-12-11-20(14-23(24)30-16)35-15-18-7-6-8-19(13-18)32-27(34)29-3/h4-14H,15H2,1-3H3,(H2,29,32,34). The molecular weight excluding hydrogens is 462 g/mol. The molecule has 5 rings (SSSR count). The van der Waals surface area contributed by atoms with Gasteiger partial charge in [-0.25, -0.2) is 14.8 Å². The third-order valence-electron chi connectivity index (χ3n) is 5.80. The van der Waals surface area contributed by atoms with E-state index in [4.69, 9.17) is 26.3 Å². The lowest BCUT2D eigenvalue weighted by molar-refractivity contribution is 0.254. The molecule has 35 heavy (non-hydrogen) atoms. The smallest absolute Gasteiger partial charge is 0.318 e. The summed E-state index contributed by atoms with van der Waals surface area (Å²) in [5, 5.41) is 5.96. The number of urea groups is 1. The zero-order valence-electron chi connectivity index (χ0n) is 19.6. The number of anilines is 1. The van der Waals surface area contributed by atoms with E-state index in [2.05, 4.69) is 15.0 Å². The second kappa shape index (κ2) is 9.27. The number of carbonyl (C=O) groups is 1. The van der Waals surface area contributed by atoms with E-state index < -0.39 is 0 Å². The van der Waals surface area contributed by atoms with E-state index in [0.29, 0.717) is 23.1 Å². The molecule has 0 radical (unpaired) electrons. The van der Waals surface area contributed by atoms with E-state index in [-0.39, 0.29) is 6.03 Å². The average Bonchev–Trinajstić information content (AvgIpc) is 3.20. The maximum absolute atomic E-state index is 11.6. The van der Waals surface area contributed by atoms with Gasteiger partial charge in [-0.05, 0) is 55.8 Å². The molecule has 0 aliphatic heterocycles. The second-order valence-corrected chi connectivity index (χ2v) is 8.63. The van der Waals surface area contributed by atoms with Gasteiger partial charge in [-0.1, -0.05) is 35.9 Å². The Morgan fingerprint density at radius 1 is 1.00 bits per heavy atom. The summed E-state index contributed by atoms with van der Waals surface area (Å²) in [5.41, 5.74) is 6.98. The zero-order valence-corrected chi connectivity index (χ0v) is 20.3. The SMILES string of the molecule is CNC(=O)Nc1cccc(COc2ccc3c(c2)nc(C)c2c(C)nc(-c4ccccc4Cl)n23)c1. The molecule has 0 aliphatic carbocycles. The molecular formula is C27H24ClN5O2. The first-order valence-corrected chi connectivity index (χ1v) is 11.6. The number of ether oxygens (including phenoxy) is 1. The van der Waals surface area contributed by atoms with Crippen molar-refractivity contribution in [1.82, 2.24) is 19.7 Å². The Morgan fingerprint density at radius 3 is 2.60 bits per heavy atom. The molecule has 176 valence electrons. The van der Waals surface area contributed by atoms with Crippen LogP contribution in [0.15, 0.2) is 66.7 Å². The minimum absolute atomic E-state index is 0.267. The van der Waals surface area contributed by atoms with Crippen molar-refractivity contribution in [2.45, 2.75) is 20.5 Å². The Bertz CT molecular complexity index is 1580. The van der Waals surface area contributed by atoms with Gasteiger partial charge in [0.05, 0.1) is 33.0 Å². The van der Waals surface area contributed by atoms with E-state index in [9.17, 15) is 4.79 Å². The predicted octanol–water partition coefficient (Wildman–Crippen LogP) is 6.15. The summed E-state index contributed by atoms with van der Waals surface area (Å²) in [5.74, 6) is 1.48. The van der Waals surface area contributed by atoms with Gasteiger partial charge in [-0.3, -0.25) is 4.40 Å².